The van der Waals surface area contributed by atoms with Gasteiger partial charge in [0.25, 0.3) is 5.91 Å². The summed E-state index contributed by atoms with van der Waals surface area (Å²) in [7, 11) is 0. The Morgan fingerprint density at radius 2 is 1.88 bits per heavy atom. The molecule has 0 aliphatic carbocycles. The Balaban J connectivity index is 1.71. The number of fused-ring (bicyclic) bond motifs is 1. The summed E-state index contributed by atoms with van der Waals surface area (Å²) >= 11 is 1.55. The van der Waals surface area contributed by atoms with Crippen LogP contribution in [0.25, 0.3) is 11.0 Å². The Morgan fingerprint density at radius 3 is 2.64 bits per heavy atom. The molecular formula is C20H16N2O2S. The Bertz CT molecular complexity index is 1020. The van der Waals surface area contributed by atoms with E-state index in [0.29, 0.717) is 10.9 Å². The van der Waals surface area contributed by atoms with Crippen LogP contribution in [0.15, 0.2) is 76.5 Å². The predicted molar refractivity (Wildman–Crippen MR) is 98.9 cm³/mol. The zero-order valence-electron chi connectivity index (χ0n) is 13.7. The van der Waals surface area contributed by atoms with Crippen molar-refractivity contribution in [3.63, 3.8) is 0 Å². The zero-order valence-corrected chi connectivity index (χ0v) is 14.5. The average molecular weight is 348 g/mol. The summed E-state index contributed by atoms with van der Waals surface area (Å²) in [6, 6.07) is 19.4. The smallest absolute Gasteiger partial charge is 0.300 e. The Morgan fingerprint density at radius 1 is 1.08 bits per heavy atom. The number of para-hydroxylation sites is 2. The van der Waals surface area contributed by atoms with Gasteiger partial charge in [0.05, 0.1) is 17.3 Å². The van der Waals surface area contributed by atoms with E-state index >= 15 is 0 Å². The maximum absolute atomic E-state index is 12.9. The van der Waals surface area contributed by atoms with Crippen LogP contribution < -0.4 is 0 Å². The maximum atomic E-state index is 12.9. The summed E-state index contributed by atoms with van der Waals surface area (Å²) in [6.45, 7) is 2.07. The average Bonchev–Trinajstić information content (AvgIpc) is 3.28. The van der Waals surface area contributed by atoms with Crippen molar-refractivity contribution >= 4 is 28.7 Å². The van der Waals surface area contributed by atoms with Crippen molar-refractivity contribution in [1.82, 2.24) is 9.55 Å². The van der Waals surface area contributed by atoms with Gasteiger partial charge in [0.1, 0.15) is 0 Å². The number of carbonyl (C=O) groups is 1. The van der Waals surface area contributed by atoms with E-state index in [9.17, 15) is 4.79 Å². The van der Waals surface area contributed by atoms with E-state index in [4.69, 9.17) is 4.42 Å². The molecular weight excluding hydrogens is 332 g/mol. The summed E-state index contributed by atoms with van der Waals surface area (Å²) in [6.07, 6.45) is 1.51. The lowest BCUT2D eigenvalue weighted by molar-refractivity contribution is 0.0927. The van der Waals surface area contributed by atoms with E-state index in [1.807, 2.05) is 24.3 Å². The van der Waals surface area contributed by atoms with Gasteiger partial charge in [-0.05, 0) is 36.8 Å². The van der Waals surface area contributed by atoms with E-state index in [1.165, 1.54) is 17.4 Å². The van der Waals surface area contributed by atoms with Crippen molar-refractivity contribution in [2.75, 3.05) is 0 Å². The number of hydrogen-bond acceptors (Lipinski definition) is 4. The van der Waals surface area contributed by atoms with Crippen LogP contribution in [-0.4, -0.2) is 15.5 Å². The van der Waals surface area contributed by atoms with Gasteiger partial charge in [-0.3, -0.25) is 9.36 Å². The second-order valence-corrected chi connectivity index (χ2v) is 6.72. The third kappa shape index (κ3) is 3.10. The first-order valence-corrected chi connectivity index (χ1v) is 8.95. The van der Waals surface area contributed by atoms with Crippen molar-refractivity contribution in [1.29, 1.82) is 0 Å². The molecule has 5 heteroatoms. The minimum atomic E-state index is -0.204. The number of nitrogens with zero attached hydrogens (tertiary/aromatic N) is 2. The molecule has 0 atom stereocenters. The fourth-order valence-electron chi connectivity index (χ4n) is 2.64. The molecule has 0 N–H and O–H groups in total. The largest absolute Gasteiger partial charge is 0.459 e. The predicted octanol–water partition coefficient (Wildman–Crippen LogP) is 4.92. The molecule has 0 bridgehead atoms. The van der Waals surface area contributed by atoms with Crippen LogP contribution in [-0.2, 0) is 5.75 Å². The van der Waals surface area contributed by atoms with Gasteiger partial charge in [0, 0.05) is 5.75 Å². The summed E-state index contributed by atoms with van der Waals surface area (Å²) in [5, 5.41) is 0.670. The second kappa shape index (κ2) is 6.61. The number of aryl methyl sites for hydroxylation is 1. The standard InChI is InChI=1S/C20H16N2O2S/c1-14-8-10-15(11-9-14)13-25-20-21-16-5-2-3-6-17(16)22(20)19(23)18-7-4-12-24-18/h2-12H,13H2,1H3. The molecule has 0 amide bonds. The molecule has 2 aromatic carbocycles. The van der Waals surface area contributed by atoms with Gasteiger partial charge >= 0.3 is 0 Å². The third-order valence-corrected chi connectivity index (χ3v) is 4.96. The molecule has 0 spiro atoms. The summed E-state index contributed by atoms with van der Waals surface area (Å²) in [5.74, 6) is 0.847. The molecule has 0 aliphatic heterocycles. The molecule has 0 unspecified atom stereocenters. The zero-order chi connectivity index (χ0) is 17.2. The monoisotopic (exact) mass is 348 g/mol. The second-order valence-electron chi connectivity index (χ2n) is 5.78. The third-order valence-electron chi connectivity index (χ3n) is 3.95. The van der Waals surface area contributed by atoms with Crippen LogP contribution in [0.5, 0.6) is 0 Å². The molecule has 0 saturated carbocycles. The van der Waals surface area contributed by atoms with Crippen molar-refractivity contribution in [3.8, 4) is 0 Å². The highest BCUT2D eigenvalue weighted by Gasteiger charge is 2.20. The quantitative estimate of drug-likeness (QED) is 0.491. The summed E-state index contributed by atoms with van der Waals surface area (Å²) < 4.78 is 6.92. The van der Waals surface area contributed by atoms with E-state index in [2.05, 4.69) is 36.2 Å². The van der Waals surface area contributed by atoms with Crippen LogP contribution in [0, 0.1) is 6.92 Å². The molecule has 0 saturated heterocycles. The normalized spacial score (nSPS) is 11.1. The van der Waals surface area contributed by atoms with Gasteiger partial charge in [-0.25, -0.2) is 4.98 Å². The Labute approximate surface area is 149 Å². The van der Waals surface area contributed by atoms with Gasteiger partial charge in [0.2, 0.25) is 0 Å². The maximum Gasteiger partial charge on any atom is 0.300 e. The number of carbonyl (C=O) groups excluding carboxylic acids is 1. The van der Waals surface area contributed by atoms with E-state index in [1.54, 1.807) is 28.5 Å². The van der Waals surface area contributed by atoms with Crippen molar-refractivity contribution < 1.29 is 9.21 Å². The van der Waals surface area contributed by atoms with E-state index in [0.717, 1.165) is 16.8 Å². The molecule has 0 aliphatic rings. The molecule has 4 nitrogen and oxygen atoms in total. The summed E-state index contributed by atoms with van der Waals surface area (Å²) in [4.78, 5) is 17.5. The lowest BCUT2D eigenvalue weighted by Gasteiger charge is -2.06. The van der Waals surface area contributed by atoms with Gasteiger partial charge in [-0.2, -0.15) is 0 Å². The summed E-state index contributed by atoms with van der Waals surface area (Å²) in [5.41, 5.74) is 4.01. The molecule has 0 fully saturated rings. The number of furan rings is 1. The minimum absolute atomic E-state index is 0.204. The van der Waals surface area contributed by atoms with Crippen molar-refractivity contribution in [3.05, 3.63) is 83.8 Å². The first-order chi connectivity index (χ1) is 12.2. The highest BCUT2D eigenvalue weighted by molar-refractivity contribution is 7.98. The number of aromatic nitrogens is 2. The molecule has 25 heavy (non-hydrogen) atoms. The van der Waals surface area contributed by atoms with Crippen LogP contribution in [0.2, 0.25) is 0 Å². The SMILES string of the molecule is Cc1ccc(CSc2nc3ccccc3n2C(=O)c2ccco2)cc1. The number of thioether (sulfide) groups is 1. The van der Waals surface area contributed by atoms with Crippen LogP contribution in [0.4, 0.5) is 0 Å². The number of hydrogen-bond donors (Lipinski definition) is 0. The molecule has 2 heterocycles. The number of imidazole rings is 1. The van der Waals surface area contributed by atoms with E-state index in [-0.39, 0.29) is 5.91 Å². The van der Waals surface area contributed by atoms with E-state index < -0.39 is 0 Å². The van der Waals surface area contributed by atoms with Crippen LogP contribution in [0.1, 0.15) is 21.7 Å². The van der Waals surface area contributed by atoms with Crippen LogP contribution in [0.3, 0.4) is 0 Å². The first kappa shape index (κ1) is 15.7. The fraction of sp³-hybridized carbons (Fsp3) is 0.100. The highest BCUT2D eigenvalue weighted by Crippen LogP contribution is 2.28. The minimum Gasteiger partial charge on any atom is -0.459 e. The highest BCUT2D eigenvalue weighted by atomic mass is 32.2. The number of rotatable bonds is 4. The Hall–Kier alpha value is -2.79. The molecule has 4 rings (SSSR count). The van der Waals surface area contributed by atoms with Crippen molar-refractivity contribution in [2.24, 2.45) is 0 Å². The van der Waals surface area contributed by atoms with Gasteiger partial charge in [0.15, 0.2) is 10.9 Å². The molecule has 4 aromatic rings. The molecule has 0 radical (unpaired) electrons. The van der Waals surface area contributed by atoms with Crippen LogP contribution >= 0.6 is 11.8 Å². The number of benzene rings is 2. The first-order valence-electron chi connectivity index (χ1n) is 7.96. The lowest BCUT2D eigenvalue weighted by atomic mass is 10.2. The van der Waals surface area contributed by atoms with Gasteiger partial charge in [-0.1, -0.05) is 53.7 Å². The van der Waals surface area contributed by atoms with Gasteiger partial charge < -0.3 is 4.42 Å². The molecule has 124 valence electrons. The topological polar surface area (TPSA) is 48.0 Å². The fourth-order valence-corrected chi connectivity index (χ4v) is 3.60. The lowest BCUT2D eigenvalue weighted by Crippen LogP contribution is -2.12. The van der Waals surface area contributed by atoms with Gasteiger partial charge in [-0.15, -0.1) is 0 Å². The molecule has 2 aromatic heterocycles. The van der Waals surface area contributed by atoms with Crippen molar-refractivity contribution in [2.45, 2.75) is 17.8 Å². The Kier molecular flexibility index (Phi) is 4.15.